The summed E-state index contributed by atoms with van der Waals surface area (Å²) in [4.78, 5) is 22.2. The van der Waals surface area contributed by atoms with Crippen molar-refractivity contribution in [2.45, 2.75) is 19.4 Å². The van der Waals surface area contributed by atoms with E-state index in [4.69, 9.17) is 9.84 Å². The molecule has 0 bridgehead atoms. The molecule has 0 spiro atoms. The van der Waals surface area contributed by atoms with Gasteiger partial charge >= 0.3 is 5.97 Å². The number of aliphatic carboxylic acids is 1. The average molecular weight is 294 g/mol. The fraction of sp³-hybridized carbons (Fsp3) is 0.800. The third-order valence-electron chi connectivity index (χ3n) is 2.66. The van der Waals surface area contributed by atoms with Crippen molar-refractivity contribution in [2.75, 3.05) is 32.1 Å². The Kier molecular flexibility index (Phi) is 5.70. The Morgan fingerprint density at radius 1 is 1.47 bits per heavy atom. The lowest BCUT2D eigenvalue weighted by molar-refractivity contribution is -0.136. The molecule has 1 atom stereocenters. The fourth-order valence-electron chi connectivity index (χ4n) is 1.75. The first-order valence-electron chi connectivity index (χ1n) is 5.95. The molecule has 9 heteroatoms. The van der Waals surface area contributed by atoms with Gasteiger partial charge in [-0.3, -0.25) is 9.59 Å². The van der Waals surface area contributed by atoms with Crippen LogP contribution in [0.5, 0.6) is 0 Å². The van der Waals surface area contributed by atoms with Crippen molar-refractivity contribution in [2.24, 2.45) is 0 Å². The van der Waals surface area contributed by atoms with E-state index in [1.165, 1.54) is 0 Å². The first-order chi connectivity index (χ1) is 8.88. The van der Waals surface area contributed by atoms with Crippen LogP contribution in [0.3, 0.4) is 0 Å². The van der Waals surface area contributed by atoms with Crippen LogP contribution in [0.25, 0.3) is 0 Å². The molecule has 0 aromatic carbocycles. The van der Waals surface area contributed by atoms with Crippen molar-refractivity contribution in [1.82, 2.24) is 9.62 Å². The number of carbonyl (C=O) groups is 2. The van der Waals surface area contributed by atoms with Gasteiger partial charge in [-0.05, 0) is 6.92 Å². The number of morpholine rings is 1. The summed E-state index contributed by atoms with van der Waals surface area (Å²) < 4.78 is 30.2. The number of hydrogen-bond donors (Lipinski definition) is 2. The molecule has 0 radical (unpaired) electrons. The van der Waals surface area contributed by atoms with Crippen LogP contribution < -0.4 is 5.32 Å². The number of rotatable bonds is 6. The Morgan fingerprint density at radius 2 is 2.16 bits per heavy atom. The molecule has 1 rings (SSSR count). The number of amides is 1. The predicted molar refractivity (Wildman–Crippen MR) is 66.0 cm³/mol. The summed E-state index contributed by atoms with van der Waals surface area (Å²) in [5.41, 5.74) is 0. The van der Waals surface area contributed by atoms with Crippen LogP contribution in [0.15, 0.2) is 0 Å². The van der Waals surface area contributed by atoms with Crippen molar-refractivity contribution in [3.05, 3.63) is 0 Å². The van der Waals surface area contributed by atoms with E-state index in [0.29, 0.717) is 6.54 Å². The van der Waals surface area contributed by atoms with E-state index in [1.54, 1.807) is 6.92 Å². The van der Waals surface area contributed by atoms with Crippen molar-refractivity contribution in [3.8, 4) is 0 Å². The molecule has 1 aliphatic heterocycles. The van der Waals surface area contributed by atoms with E-state index < -0.39 is 40.1 Å². The van der Waals surface area contributed by atoms with Gasteiger partial charge in [0.25, 0.3) is 0 Å². The Bertz CT molecular complexity index is 435. The summed E-state index contributed by atoms with van der Waals surface area (Å²) in [5.74, 6) is -2.13. The van der Waals surface area contributed by atoms with Crippen LogP contribution in [0.4, 0.5) is 0 Å². The number of carbonyl (C=O) groups excluding carboxylic acids is 1. The quantitative estimate of drug-likeness (QED) is 0.625. The highest BCUT2D eigenvalue weighted by Crippen LogP contribution is 2.14. The number of carboxylic acid groups (broad SMARTS) is 1. The molecule has 110 valence electrons. The minimum atomic E-state index is -3.78. The zero-order valence-corrected chi connectivity index (χ0v) is 11.5. The predicted octanol–water partition coefficient (Wildman–Crippen LogP) is -1.37. The monoisotopic (exact) mass is 294 g/mol. The third kappa shape index (κ3) is 4.44. The summed E-state index contributed by atoms with van der Waals surface area (Å²) in [6, 6.07) is -0.924. The van der Waals surface area contributed by atoms with Crippen molar-refractivity contribution in [3.63, 3.8) is 0 Å². The van der Waals surface area contributed by atoms with Gasteiger partial charge in [-0.25, -0.2) is 8.42 Å². The Morgan fingerprint density at radius 3 is 2.74 bits per heavy atom. The topological polar surface area (TPSA) is 113 Å². The average Bonchev–Trinajstić information content (AvgIpc) is 2.37. The SMILES string of the molecule is CCNC(=O)C1COCCN1S(=O)(=O)CCC(=O)O. The second kappa shape index (κ2) is 6.83. The second-order valence-electron chi connectivity index (χ2n) is 4.06. The Labute approximate surface area is 111 Å². The number of likely N-dealkylation sites (N-methyl/N-ethyl adjacent to an activating group) is 1. The van der Waals surface area contributed by atoms with Crippen LogP contribution in [0.2, 0.25) is 0 Å². The number of hydrogen-bond acceptors (Lipinski definition) is 5. The van der Waals surface area contributed by atoms with E-state index in [2.05, 4.69) is 5.32 Å². The first kappa shape index (κ1) is 15.9. The van der Waals surface area contributed by atoms with Crippen LogP contribution >= 0.6 is 0 Å². The molecule has 1 aliphatic rings. The van der Waals surface area contributed by atoms with Gasteiger partial charge in [0.1, 0.15) is 6.04 Å². The maximum Gasteiger partial charge on any atom is 0.304 e. The number of ether oxygens (including phenoxy) is 1. The van der Waals surface area contributed by atoms with Crippen molar-refractivity contribution in [1.29, 1.82) is 0 Å². The highest BCUT2D eigenvalue weighted by atomic mass is 32.2. The molecule has 0 aromatic heterocycles. The summed E-state index contributed by atoms with van der Waals surface area (Å²) in [7, 11) is -3.78. The molecule has 19 heavy (non-hydrogen) atoms. The van der Waals surface area contributed by atoms with Gasteiger partial charge in [0.05, 0.1) is 25.4 Å². The normalized spacial score (nSPS) is 21.0. The van der Waals surface area contributed by atoms with E-state index in [1.807, 2.05) is 0 Å². The molecule has 1 fully saturated rings. The second-order valence-corrected chi connectivity index (χ2v) is 6.10. The molecule has 0 aromatic rings. The minimum Gasteiger partial charge on any atom is -0.481 e. The molecule has 1 unspecified atom stereocenters. The number of nitrogens with zero attached hydrogens (tertiary/aromatic N) is 1. The van der Waals surface area contributed by atoms with E-state index in [-0.39, 0.29) is 19.8 Å². The third-order valence-corrected chi connectivity index (χ3v) is 4.54. The molecule has 1 saturated heterocycles. The van der Waals surface area contributed by atoms with Crippen LogP contribution in [0.1, 0.15) is 13.3 Å². The fourth-order valence-corrected chi connectivity index (χ4v) is 3.32. The molecule has 8 nitrogen and oxygen atoms in total. The lowest BCUT2D eigenvalue weighted by Crippen LogP contribution is -2.56. The van der Waals surface area contributed by atoms with Gasteiger partial charge in [0.15, 0.2) is 0 Å². The summed E-state index contributed by atoms with van der Waals surface area (Å²) >= 11 is 0. The van der Waals surface area contributed by atoms with Crippen LogP contribution in [0, 0.1) is 0 Å². The highest BCUT2D eigenvalue weighted by Gasteiger charge is 2.37. The van der Waals surface area contributed by atoms with Gasteiger partial charge in [-0.2, -0.15) is 4.31 Å². The largest absolute Gasteiger partial charge is 0.481 e. The molecule has 1 heterocycles. The number of nitrogens with one attached hydrogen (secondary N) is 1. The van der Waals surface area contributed by atoms with Gasteiger partial charge < -0.3 is 15.2 Å². The van der Waals surface area contributed by atoms with E-state index in [0.717, 1.165) is 4.31 Å². The van der Waals surface area contributed by atoms with Gasteiger partial charge in [-0.1, -0.05) is 0 Å². The lowest BCUT2D eigenvalue weighted by atomic mass is 10.2. The van der Waals surface area contributed by atoms with Gasteiger partial charge in [0.2, 0.25) is 15.9 Å². The zero-order valence-electron chi connectivity index (χ0n) is 10.7. The molecule has 0 aliphatic carbocycles. The Hall–Kier alpha value is -1.19. The smallest absolute Gasteiger partial charge is 0.304 e. The summed E-state index contributed by atoms with van der Waals surface area (Å²) in [5, 5.41) is 11.1. The summed E-state index contributed by atoms with van der Waals surface area (Å²) in [6.07, 6.45) is -0.484. The lowest BCUT2D eigenvalue weighted by Gasteiger charge is -2.33. The van der Waals surface area contributed by atoms with Crippen molar-refractivity contribution >= 4 is 21.9 Å². The molecule has 0 saturated carbocycles. The summed E-state index contributed by atoms with van der Waals surface area (Å²) in [6.45, 7) is 2.35. The number of carboxylic acids is 1. The minimum absolute atomic E-state index is 0.0157. The Balaban J connectivity index is 2.81. The zero-order chi connectivity index (χ0) is 14.5. The first-order valence-corrected chi connectivity index (χ1v) is 7.56. The van der Waals surface area contributed by atoms with Gasteiger partial charge in [0, 0.05) is 13.1 Å². The molecule has 1 amide bonds. The molecular formula is C10H18N2O6S. The van der Waals surface area contributed by atoms with Crippen molar-refractivity contribution < 1.29 is 27.9 Å². The standard InChI is InChI=1S/C10H18N2O6S/c1-2-11-10(15)8-7-18-5-4-12(8)19(16,17)6-3-9(13)14/h8H,2-7H2,1H3,(H,11,15)(H,13,14). The highest BCUT2D eigenvalue weighted by molar-refractivity contribution is 7.89. The van der Waals surface area contributed by atoms with Crippen LogP contribution in [-0.2, 0) is 24.3 Å². The molecule has 2 N–H and O–H groups in total. The molecular weight excluding hydrogens is 276 g/mol. The van der Waals surface area contributed by atoms with E-state index >= 15 is 0 Å². The maximum atomic E-state index is 12.0. The van der Waals surface area contributed by atoms with Crippen LogP contribution in [-0.4, -0.2) is 67.8 Å². The van der Waals surface area contributed by atoms with Gasteiger partial charge in [-0.15, -0.1) is 0 Å². The number of sulfonamides is 1. The maximum absolute atomic E-state index is 12.0. The van der Waals surface area contributed by atoms with E-state index in [9.17, 15) is 18.0 Å².